The van der Waals surface area contributed by atoms with Gasteiger partial charge in [-0.1, -0.05) is 12.2 Å². The van der Waals surface area contributed by atoms with Crippen molar-refractivity contribution in [3.63, 3.8) is 0 Å². The summed E-state index contributed by atoms with van der Waals surface area (Å²) in [6, 6.07) is 0. The number of rotatable bonds is 6. The molecule has 0 aromatic rings. The molecule has 1 N–H and O–H groups in total. The van der Waals surface area contributed by atoms with E-state index in [1.807, 2.05) is 34.0 Å². The lowest BCUT2D eigenvalue weighted by atomic mass is 10.1. The second-order valence-corrected chi connectivity index (χ2v) is 5.16. The summed E-state index contributed by atoms with van der Waals surface area (Å²) in [6.07, 6.45) is 8.01. The fraction of sp³-hybridized carbons (Fsp3) is 0.571. The first-order valence-corrected chi connectivity index (χ1v) is 6.28. The molecular formula is C14H23N3O. The number of allylic oxidation sites excluding steroid dienone is 4. The van der Waals surface area contributed by atoms with E-state index in [-0.39, 0.29) is 0 Å². The van der Waals surface area contributed by atoms with Crippen LogP contribution >= 0.6 is 0 Å². The number of nitrogens with zero attached hydrogens (tertiary/aromatic N) is 2. The number of carbonyl (C=O) groups is 1. The molecule has 0 bridgehead atoms. The van der Waals surface area contributed by atoms with Crippen molar-refractivity contribution in [3.8, 4) is 0 Å². The molecule has 1 heterocycles. The molecule has 18 heavy (non-hydrogen) atoms. The van der Waals surface area contributed by atoms with Gasteiger partial charge in [0.05, 0.1) is 17.5 Å². The van der Waals surface area contributed by atoms with Crippen LogP contribution in [0, 0.1) is 0 Å². The van der Waals surface area contributed by atoms with E-state index < -0.39 is 5.54 Å². The fourth-order valence-corrected chi connectivity index (χ4v) is 1.59. The molecule has 0 saturated heterocycles. The molecule has 0 atom stereocenters. The molecule has 0 spiro atoms. The minimum Gasteiger partial charge on any atom is -0.372 e. The molecule has 0 amide bonds. The lowest BCUT2D eigenvalue weighted by Gasteiger charge is -2.24. The van der Waals surface area contributed by atoms with Crippen LogP contribution in [0.1, 0.15) is 27.2 Å². The SMILES string of the molecule is CC1=CCC=C(N(C)CCNC(C)(C)C=O)C=N1. The van der Waals surface area contributed by atoms with Crippen LogP contribution in [-0.4, -0.2) is 43.1 Å². The van der Waals surface area contributed by atoms with Crippen molar-refractivity contribution < 1.29 is 4.79 Å². The van der Waals surface area contributed by atoms with Gasteiger partial charge in [0.25, 0.3) is 0 Å². The highest BCUT2D eigenvalue weighted by molar-refractivity contribution is 5.79. The summed E-state index contributed by atoms with van der Waals surface area (Å²) in [4.78, 5) is 17.3. The van der Waals surface area contributed by atoms with E-state index in [9.17, 15) is 4.79 Å². The van der Waals surface area contributed by atoms with Crippen molar-refractivity contribution in [3.05, 3.63) is 23.5 Å². The summed E-state index contributed by atoms with van der Waals surface area (Å²) in [6.45, 7) is 7.36. The molecule has 0 radical (unpaired) electrons. The van der Waals surface area contributed by atoms with E-state index in [0.717, 1.165) is 37.2 Å². The van der Waals surface area contributed by atoms with E-state index >= 15 is 0 Å². The lowest BCUT2D eigenvalue weighted by Crippen LogP contribution is -2.44. The van der Waals surface area contributed by atoms with Gasteiger partial charge in [-0.05, 0) is 27.2 Å². The Labute approximate surface area is 109 Å². The first-order valence-electron chi connectivity index (χ1n) is 6.28. The lowest BCUT2D eigenvalue weighted by molar-refractivity contribution is -0.112. The Hall–Kier alpha value is -1.42. The molecule has 0 aromatic carbocycles. The maximum Gasteiger partial charge on any atom is 0.139 e. The summed E-state index contributed by atoms with van der Waals surface area (Å²) in [7, 11) is 2.04. The third-order valence-corrected chi connectivity index (χ3v) is 2.90. The minimum absolute atomic E-state index is 0.453. The maximum atomic E-state index is 10.8. The quantitative estimate of drug-likeness (QED) is 0.729. The van der Waals surface area contributed by atoms with Crippen LogP contribution < -0.4 is 5.32 Å². The summed E-state index contributed by atoms with van der Waals surface area (Å²) >= 11 is 0. The average molecular weight is 249 g/mol. The molecule has 0 saturated carbocycles. The monoisotopic (exact) mass is 249 g/mol. The van der Waals surface area contributed by atoms with Gasteiger partial charge >= 0.3 is 0 Å². The number of aldehydes is 1. The van der Waals surface area contributed by atoms with Gasteiger partial charge in [-0.25, -0.2) is 0 Å². The predicted octanol–water partition coefficient (Wildman–Crippen LogP) is 1.75. The summed E-state index contributed by atoms with van der Waals surface area (Å²) in [5, 5.41) is 3.21. The molecular weight excluding hydrogens is 226 g/mol. The zero-order valence-electron chi connectivity index (χ0n) is 11.7. The molecule has 4 heteroatoms. The summed E-state index contributed by atoms with van der Waals surface area (Å²) in [5.74, 6) is 0. The molecule has 0 aliphatic carbocycles. The van der Waals surface area contributed by atoms with Crippen LogP contribution in [0.15, 0.2) is 28.5 Å². The Morgan fingerprint density at radius 2 is 2.22 bits per heavy atom. The third kappa shape index (κ3) is 4.84. The minimum atomic E-state index is -0.453. The number of nitrogens with one attached hydrogen (secondary N) is 1. The fourth-order valence-electron chi connectivity index (χ4n) is 1.59. The highest BCUT2D eigenvalue weighted by Gasteiger charge is 2.14. The van der Waals surface area contributed by atoms with E-state index in [4.69, 9.17) is 0 Å². The van der Waals surface area contributed by atoms with Crippen molar-refractivity contribution >= 4 is 12.5 Å². The van der Waals surface area contributed by atoms with Gasteiger partial charge in [-0.3, -0.25) is 4.99 Å². The van der Waals surface area contributed by atoms with Crippen molar-refractivity contribution in [1.29, 1.82) is 0 Å². The van der Waals surface area contributed by atoms with E-state index in [2.05, 4.69) is 27.4 Å². The van der Waals surface area contributed by atoms with Gasteiger partial charge in [0.2, 0.25) is 0 Å². The Balaban J connectivity index is 2.42. The van der Waals surface area contributed by atoms with E-state index in [0.29, 0.717) is 0 Å². The second-order valence-electron chi connectivity index (χ2n) is 5.16. The Bertz CT molecular complexity index is 381. The zero-order valence-corrected chi connectivity index (χ0v) is 11.7. The molecule has 4 nitrogen and oxygen atoms in total. The Kier molecular flexibility index (Phi) is 5.28. The first kappa shape index (κ1) is 14.6. The highest BCUT2D eigenvalue weighted by atomic mass is 16.1. The Morgan fingerprint density at radius 1 is 1.50 bits per heavy atom. The molecule has 1 aliphatic rings. The first-order chi connectivity index (χ1) is 8.44. The summed E-state index contributed by atoms with van der Waals surface area (Å²) in [5.41, 5.74) is 1.72. The molecule has 1 rings (SSSR count). The number of hydrogen-bond donors (Lipinski definition) is 1. The standard InChI is InChI=1S/C14H23N3O/c1-12-6-5-7-13(10-15-12)17(4)9-8-16-14(2,3)11-18/h6-7,10-11,16H,5,8-9H2,1-4H3. The number of hydrogen-bond acceptors (Lipinski definition) is 4. The van der Waals surface area contributed by atoms with Crippen LogP contribution in [0.3, 0.4) is 0 Å². The molecule has 0 aromatic heterocycles. The Morgan fingerprint density at radius 3 is 2.89 bits per heavy atom. The number of likely N-dealkylation sites (N-methyl/N-ethyl adjacent to an activating group) is 1. The van der Waals surface area contributed by atoms with Crippen LogP contribution in [-0.2, 0) is 4.79 Å². The van der Waals surface area contributed by atoms with Gasteiger partial charge < -0.3 is 15.0 Å². The third-order valence-electron chi connectivity index (χ3n) is 2.90. The van der Waals surface area contributed by atoms with Gasteiger partial charge in [0.1, 0.15) is 6.29 Å². The number of aliphatic imine (C=N–C) groups is 1. The average Bonchev–Trinajstić information content (AvgIpc) is 2.54. The number of carbonyl (C=O) groups excluding carboxylic acids is 1. The zero-order chi connectivity index (χ0) is 13.6. The van der Waals surface area contributed by atoms with E-state index in [1.54, 1.807) is 0 Å². The molecule has 0 fully saturated rings. The van der Waals surface area contributed by atoms with Gasteiger partial charge in [0.15, 0.2) is 0 Å². The van der Waals surface area contributed by atoms with Crippen molar-refractivity contribution in [2.45, 2.75) is 32.7 Å². The summed E-state index contributed by atoms with van der Waals surface area (Å²) < 4.78 is 0. The largest absolute Gasteiger partial charge is 0.372 e. The highest BCUT2D eigenvalue weighted by Crippen LogP contribution is 2.08. The second kappa shape index (κ2) is 6.50. The topological polar surface area (TPSA) is 44.7 Å². The van der Waals surface area contributed by atoms with Gasteiger partial charge in [-0.2, -0.15) is 0 Å². The van der Waals surface area contributed by atoms with Gasteiger partial charge in [0, 0.05) is 25.8 Å². The van der Waals surface area contributed by atoms with Crippen molar-refractivity contribution in [2.75, 3.05) is 20.1 Å². The molecule has 1 aliphatic heterocycles. The maximum absolute atomic E-state index is 10.8. The predicted molar refractivity (Wildman–Crippen MR) is 75.7 cm³/mol. The smallest absolute Gasteiger partial charge is 0.139 e. The van der Waals surface area contributed by atoms with Crippen molar-refractivity contribution in [2.24, 2.45) is 4.99 Å². The molecule has 100 valence electrons. The van der Waals surface area contributed by atoms with Crippen LogP contribution in [0.5, 0.6) is 0 Å². The van der Waals surface area contributed by atoms with Crippen LogP contribution in [0.2, 0.25) is 0 Å². The van der Waals surface area contributed by atoms with Crippen LogP contribution in [0.4, 0.5) is 0 Å². The molecule has 0 unspecified atom stereocenters. The van der Waals surface area contributed by atoms with Gasteiger partial charge in [-0.15, -0.1) is 0 Å². The normalized spacial score (nSPS) is 15.8. The van der Waals surface area contributed by atoms with E-state index in [1.165, 1.54) is 0 Å². The van der Waals surface area contributed by atoms with Crippen molar-refractivity contribution in [1.82, 2.24) is 10.2 Å². The van der Waals surface area contributed by atoms with Crippen LogP contribution in [0.25, 0.3) is 0 Å².